The molecular formula is C10H25NO4P2. The monoisotopic (exact) mass is 285 g/mol. The Bertz CT molecular complexity index is 152. The molecule has 0 aromatic heterocycles. The molecule has 7 heteroatoms. The average molecular weight is 285 g/mol. The zero-order chi connectivity index (χ0) is 13.1. The summed E-state index contributed by atoms with van der Waals surface area (Å²) in [6.45, 7) is 0.688. The van der Waals surface area contributed by atoms with Crippen LogP contribution in [0.2, 0.25) is 0 Å². The minimum Gasteiger partial charge on any atom is -0.337 e. The van der Waals surface area contributed by atoms with Gasteiger partial charge in [-0.3, -0.25) is 0 Å². The van der Waals surface area contributed by atoms with Crippen molar-refractivity contribution in [1.29, 1.82) is 0 Å². The van der Waals surface area contributed by atoms with Gasteiger partial charge < -0.3 is 23.8 Å². The van der Waals surface area contributed by atoms with Crippen LogP contribution in [0.25, 0.3) is 0 Å². The molecule has 0 atom stereocenters. The second-order valence-corrected chi connectivity index (χ2v) is 7.21. The molecule has 0 fully saturated rings. The van der Waals surface area contributed by atoms with E-state index in [1.165, 1.54) is 0 Å². The molecule has 5 nitrogen and oxygen atoms in total. The Balaban J connectivity index is 3.82. The third kappa shape index (κ3) is 8.39. The van der Waals surface area contributed by atoms with Gasteiger partial charge in [0.25, 0.3) is 0 Å². The second-order valence-electron chi connectivity index (χ2n) is 3.52. The van der Waals surface area contributed by atoms with Crippen molar-refractivity contribution in [2.75, 3.05) is 47.3 Å². The lowest BCUT2D eigenvalue weighted by Crippen LogP contribution is -2.17. The summed E-state index contributed by atoms with van der Waals surface area (Å²) < 4.78 is 20.9. The van der Waals surface area contributed by atoms with E-state index in [4.69, 9.17) is 23.8 Å². The van der Waals surface area contributed by atoms with Crippen LogP contribution in [0.3, 0.4) is 0 Å². The Morgan fingerprint density at radius 2 is 1.18 bits per heavy atom. The van der Waals surface area contributed by atoms with Gasteiger partial charge in [-0.25, -0.2) is 0 Å². The van der Waals surface area contributed by atoms with E-state index in [2.05, 4.69) is 0 Å². The minimum absolute atomic E-state index is 0.487. The maximum absolute atomic E-state index is 5.76. The lowest BCUT2D eigenvalue weighted by Gasteiger charge is -2.19. The van der Waals surface area contributed by atoms with Crippen molar-refractivity contribution in [3.63, 3.8) is 0 Å². The van der Waals surface area contributed by atoms with Gasteiger partial charge in [-0.1, -0.05) is 0 Å². The molecule has 0 spiro atoms. The zero-order valence-corrected chi connectivity index (χ0v) is 13.0. The van der Waals surface area contributed by atoms with E-state index in [0.29, 0.717) is 12.5 Å². The topological polar surface area (TPSA) is 62.9 Å². The fourth-order valence-electron chi connectivity index (χ4n) is 1.47. The Morgan fingerprint density at radius 1 is 0.824 bits per heavy atom. The van der Waals surface area contributed by atoms with E-state index in [1.807, 2.05) is 0 Å². The molecule has 0 aromatic carbocycles. The third-order valence-corrected chi connectivity index (χ3v) is 5.46. The maximum atomic E-state index is 5.76. The van der Waals surface area contributed by atoms with E-state index in [9.17, 15) is 0 Å². The summed E-state index contributed by atoms with van der Waals surface area (Å²) in [4.78, 5) is 0. The lowest BCUT2D eigenvalue weighted by atomic mass is 10.0. The van der Waals surface area contributed by atoms with Crippen LogP contribution in [0.1, 0.15) is 12.8 Å². The van der Waals surface area contributed by atoms with Gasteiger partial charge in [0.15, 0.2) is 16.8 Å². The third-order valence-electron chi connectivity index (χ3n) is 2.59. The van der Waals surface area contributed by atoms with Crippen molar-refractivity contribution in [3.8, 4) is 0 Å². The molecule has 0 aliphatic heterocycles. The summed E-state index contributed by atoms with van der Waals surface area (Å²) in [5.74, 6) is 0.487. The molecule has 0 radical (unpaired) electrons. The van der Waals surface area contributed by atoms with Crippen LogP contribution in [0.15, 0.2) is 0 Å². The highest BCUT2D eigenvalue weighted by Crippen LogP contribution is 2.40. The maximum Gasteiger partial charge on any atom is 0.169 e. The molecular weight excluding hydrogens is 260 g/mol. The van der Waals surface area contributed by atoms with Gasteiger partial charge in [-0.2, -0.15) is 0 Å². The molecule has 0 unspecified atom stereocenters. The van der Waals surface area contributed by atoms with Crippen LogP contribution in [-0.2, 0) is 18.1 Å². The summed E-state index contributed by atoms with van der Waals surface area (Å²) in [7, 11) is 5.25. The zero-order valence-electron chi connectivity index (χ0n) is 11.2. The molecule has 104 valence electrons. The van der Waals surface area contributed by atoms with Gasteiger partial charge in [-0.05, 0) is 25.3 Å². The Kier molecular flexibility index (Phi) is 12.2. The number of rotatable bonds is 11. The number of nitrogens with two attached hydrogens (primary N) is 1. The van der Waals surface area contributed by atoms with E-state index in [1.54, 1.807) is 28.4 Å². The lowest BCUT2D eigenvalue weighted by molar-refractivity contribution is 0.331. The standard InChI is InChI=1S/C10H25NO4P2/c1-12-16(13-2)7-5-10(9-11)6-8-17(14-3)15-4/h10H,5-9,11H2,1-4H3. The van der Waals surface area contributed by atoms with Gasteiger partial charge in [0.05, 0.1) is 0 Å². The Labute approximate surface area is 107 Å². The first-order valence-corrected chi connectivity index (χ1v) is 8.35. The second kappa shape index (κ2) is 11.7. The van der Waals surface area contributed by atoms with Gasteiger partial charge in [-0.15, -0.1) is 0 Å². The first-order chi connectivity index (χ1) is 8.21. The molecule has 0 amide bonds. The molecule has 0 bridgehead atoms. The van der Waals surface area contributed by atoms with Gasteiger partial charge in [0.2, 0.25) is 0 Å². The van der Waals surface area contributed by atoms with Crippen molar-refractivity contribution in [2.45, 2.75) is 12.8 Å². The van der Waals surface area contributed by atoms with Crippen LogP contribution in [-0.4, -0.2) is 47.3 Å². The summed E-state index contributed by atoms with van der Waals surface area (Å²) >= 11 is 0. The smallest absolute Gasteiger partial charge is 0.169 e. The summed E-state index contributed by atoms with van der Waals surface area (Å²) in [6, 6.07) is 0. The minimum atomic E-state index is -0.741. The van der Waals surface area contributed by atoms with Gasteiger partial charge in [0, 0.05) is 40.8 Å². The van der Waals surface area contributed by atoms with E-state index in [-0.39, 0.29) is 0 Å². The Morgan fingerprint density at radius 3 is 1.41 bits per heavy atom. The summed E-state index contributed by atoms with van der Waals surface area (Å²) in [5, 5.41) is 0. The van der Waals surface area contributed by atoms with Crippen LogP contribution in [0.4, 0.5) is 0 Å². The molecule has 0 aliphatic carbocycles. The van der Waals surface area contributed by atoms with Gasteiger partial charge >= 0.3 is 0 Å². The highest BCUT2D eigenvalue weighted by atomic mass is 31.2. The number of hydrogen-bond donors (Lipinski definition) is 1. The molecule has 0 aromatic rings. The first-order valence-electron chi connectivity index (χ1n) is 5.63. The predicted molar refractivity (Wildman–Crippen MR) is 73.4 cm³/mol. The van der Waals surface area contributed by atoms with Crippen molar-refractivity contribution >= 4 is 16.8 Å². The van der Waals surface area contributed by atoms with E-state index >= 15 is 0 Å². The van der Waals surface area contributed by atoms with Crippen LogP contribution >= 0.6 is 16.8 Å². The van der Waals surface area contributed by atoms with Crippen LogP contribution in [0, 0.1) is 5.92 Å². The fraction of sp³-hybridized carbons (Fsp3) is 1.00. The quantitative estimate of drug-likeness (QED) is 0.591. The van der Waals surface area contributed by atoms with Crippen molar-refractivity contribution in [2.24, 2.45) is 11.7 Å². The van der Waals surface area contributed by atoms with Crippen molar-refractivity contribution < 1.29 is 18.1 Å². The first kappa shape index (κ1) is 17.7. The fourth-order valence-corrected chi connectivity index (χ4v) is 3.65. The summed E-state index contributed by atoms with van der Waals surface area (Å²) in [5.41, 5.74) is 5.76. The van der Waals surface area contributed by atoms with Gasteiger partial charge in [0.1, 0.15) is 0 Å². The van der Waals surface area contributed by atoms with E-state index in [0.717, 1.165) is 25.2 Å². The summed E-state index contributed by atoms with van der Waals surface area (Å²) in [6.07, 6.45) is 3.92. The molecule has 0 aliphatic rings. The molecule has 17 heavy (non-hydrogen) atoms. The number of hydrogen-bond acceptors (Lipinski definition) is 5. The molecule has 0 rings (SSSR count). The van der Waals surface area contributed by atoms with Crippen molar-refractivity contribution in [1.82, 2.24) is 0 Å². The molecule has 0 saturated carbocycles. The average Bonchev–Trinajstić information content (AvgIpc) is 2.38. The van der Waals surface area contributed by atoms with Crippen LogP contribution < -0.4 is 5.73 Å². The molecule has 0 heterocycles. The highest BCUT2D eigenvalue weighted by Gasteiger charge is 2.15. The normalized spacial score (nSPS) is 12.0. The van der Waals surface area contributed by atoms with E-state index < -0.39 is 16.8 Å². The largest absolute Gasteiger partial charge is 0.337 e. The molecule has 0 saturated heterocycles. The predicted octanol–water partition coefficient (Wildman–Crippen LogP) is 2.55. The SMILES string of the molecule is COP(CCC(CN)CCP(OC)OC)OC. The Hall–Kier alpha value is 0.660. The van der Waals surface area contributed by atoms with Crippen LogP contribution in [0.5, 0.6) is 0 Å². The van der Waals surface area contributed by atoms with Crippen molar-refractivity contribution in [3.05, 3.63) is 0 Å². The molecule has 2 N–H and O–H groups in total. The highest BCUT2D eigenvalue weighted by molar-refractivity contribution is 7.47.